The Bertz CT molecular complexity index is 624. The number of benzene rings is 1. The number of aromatic nitrogens is 1. The van der Waals surface area contributed by atoms with Crippen molar-refractivity contribution in [3.8, 4) is 0 Å². The van der Waals surface area contributed by atoms with E-state index in [0.29, 0.717) is 5.69 Å². The van der Waals surface area contributed by atoms with E-state index in [9.17, 15) is 9.90 Å². The zero-order valence-corrected chi connectivity index (χ0v) is 11.6. The van der Waals surface area contributed by atoms with Crippen molar-refractivity contribution in [3.63, 3.8) is 0 Å². The van der Waals surface area contributed by atoms with Gasteiger partial charge in [0.25, 0.3) is 5.91 Å². The molecule has 2 unspecified atom stereocenters. The van der Waals surface area contributed by atoms with Crippen LogP contribution in [0.25, 0.3) is 0 Å². The highest BCUT2D eigenvalue weighted by Crippen LogP contribution is 2.14. The van der Waals surface area contributed by atoms with Crippen molar-refractivity contribution < 1.29 is 14.3 Å². The average Bonchev–Trinajstić information content (AvgIpc) is 2.95. The Hall–Kier alpha value is -2.38. The molecular formula is C14H18N4O3. The number of nitrogen functional groups attached to an aromatic ring is 1. The van der Waals surface area contributed by atoms with E-state index >= 15 is 0 Å². The molecule has 0 aliphatic carbocycles. The fourth-order valence-corrected chi connectivity index (χ4v) is 1.71. The molecule has 21 heavy (non-hydrogen) atoms. The maximum Gasteiger partial charge on any atom is 0.273 e. The molecule has 2 rings (SSSR count). The largest absolute Gasteiger partial charge is 0.446 e. The van der Waals surface area contributed by atoms with E-state index in [4.69, 9.17) is 15.9 Å². The van der Waals surface area contributed by atoms with Gasteiger partial charge in [0.1, 0.15) is 12.3 Å². The van der Waals surface area contributed by atoms with Crippen LogP contribution in [0.4, 0.5) is 5.69 Å². The van der Waals surface area contributed by atoms with E-state index in [0.717, 1.165) is 5.56 Å². The number of hydrogen-bond donors (Lipinski definition) is 4. The lowest BCUT2D eigenvalue weighted by Gasteiger charge is -2.09. The van der Waals surface area contributed by atoms with Crippen molar-refractivity contribution >= 4 is 11.6 Å². The number of carbonyl (C=O) groups excluding carboxylic acids is 1. The minimum absolute atomic E-state index is 0.107. The van der Waals surface area contributed by atoms with Crippen LogP contribution in [-0.2, 0) is 6.54 Å². The van der Waals surface area contributed by atoms with Crippen molar-refractivity contribution in [2.75, 3.05) is 5.73 Å². The van der Waals surface area contributed by atoms with Crippen molar-refractivity contribution in [2.24, 2.45) is 5.73 Å². The van der Waals surface area contributed by atoms with Crippen molar-refractivity contribution in [1.29, 1.82) is 0 Å². The predicted octanol–water partition coefficient (Wildman–Crippen LogP) is 0.567. The molecular weight excluding hydrogens is 272 g/mol. The molecule has 2 aromatic rings. The van der Waals surface area contributed by atoms with Crippen LogP contribution in [0.2, 0.25) is 0 Å². The molecule has 1 amide bonds. The van der Waals surface area contributed by atoms with Crippen LogP contribution >= 0.6 is 0 Å². The van der Waals surface area contributed by atoms with Gasteiger partial charge in [-0.05, 0) is 18.6 Å². The lowest BCUT2D eigenvalue weighted by Crippen LogP contribution is -2.25. The van der Waals surface area contributed by atoms with Gasteiger partial charge in [0.05, 0.1) is 6.10 Å². The van der Waals surface area contributed by atoms with Crippen molar-refractivity contribution in [2.45, 2.75) is 25.6 Å². The number of nitrogens with one attached hydrogen (secondary N) is 1. The first-order valence-electron chi connectivity index (χ1n) is 6.49. The molecule has 0 fully saturated rings. The highest BCUT2D eigenvalue weighted by molar-refractivity contribution is 5.91. The first-order valence-corrected chi connectivity index (χ1v) is 6.49. The molecule has 1 aromatic carbocycles. The fraction of sp³-hybridized carbons (Fsp3) is 0.286. The monoisotopic (exact) mass is 290 g/mol. The average molecular weight is 290 g/mol. The molecule has 0 spiro atoms. The highest BCUT2D eigenvalue weighted by Gasteiger charge is 2.20. The standard InChI is InChI=1S/C14H18N4O3/c1-8(19)12(16)14-18-11(7-21-14)13(20)17-6-9-4-2-3-5-10(9)15/h2-5,7-8,12,19H,6,15-16H2,1H3,(H,17,20). The second kappa shape index (κ2) is 6.38. The van der Waals surface area contributed by atoms with Crippen LogP contribution < -0.4 is 16.8 Å². The molecule has 112 valence electrons. The van der Waals surface area contributed by atoms with Crippen LogP contribution in [0.15, 0.2) is 34.9 Å². The molecule has 7 heteroatoms. The van der Waals surface area contributed by atoms with E-state index in [1.165, 1.54) is 13.2 Å². The molecule has 0 bridgehead atoms. The molecule has 0 saturated carbocycles. The number of anilines is 1. The SMILES string of the molecule is CC(O)C(N)c1nc(C(=O)NCc2ccccc2N)co1. The number of nitrogens with two attached hydrogens (primary N) is 2. The van der Waals surface area contributed by atoms with Crippen molar-refractivity contribution in [1.82, 2.24) is 10.3 Å². The summed E-state index contributed by atoms with van der Waals surface area (Å²) in [7, 11) is 0. The second-order valence-corrected chi connectivity index (χ2v) is 4.72. The normalized spacial score (nSPS) is 13.7. The third kappa shape index (κ3) is 3.59. The molecule has 0 saturated heterocycles. The summed E-state index contributed by atoms with van der Waals surface area (Å²) in [5.41, 5.74) is 13.0. The number of oxazole rings is 1. The fourth-order valence-electron chi connectivity index (χ4n) is 1.71. The Morgan fingerprint density at radius 1 is 1.48 bits per heavy atom. The third-order valence-corrected chi connectivity index (χ3v) is 3.05. The number of carbonyl (C=O) groups is 1. The zero-order valence-electron chi connectivity index (χ0n) is 11.6. The molecule has 0 aliphatic rings. The highest BCUT2D eigenvalue weighted by atomic mass is 16.3. The van der Waals surface area contributed by atoms with Gasteiger partial charge in [0.15, 0.2) is 5.69 Å². The third-order valence-electron chi connectivity index (χ3n) is 3.05. The zero-order chi connectivity index (χ0) is 15.4. The van der Waals surface area contributed by atoms with Crippen LogP contribution in [0.5, 0.6) is 0 Å². The number of para-hydroxylation sites is 1. The summed E-state index contributed by atoms with van der Waals surface area (Å²) >= 11 is 0. The summed E-state index contributed by atoms with van der Waals surface area (Å²) in [5, 5.41) is 12.1. The van der Waals surface area contributed by atoms with Gasteiger partial charge in [-0.2, -0.15) is 0 Å². The van der Waals surface area contributed by atoms with Gasteiger partial charge in [0, 0.05) is 12.2 Å². The van der Waals surface area contributed by atoms with E-state index in [2.05, 4.69) is 10.3 Å². The number of aliphatic hydroxyl groups excluding tert-OH is 1. The summed E-state index contributed by atoms with van der Waals surface area (Å²) in [6.07, 6.45) is 0.394. The Labute approximate surface area is 122 Å². The number of amides is 1. The van der Waals surface area contributed by atoms with Gasteiger partial charge in [-0.25, -0.2) is 4.98 Å². The quantitative estimate of drug-likeness (QED) is 0.596. The van der Waals surface area contributed by atoms with Gasteiger partial charge in [0.2, 0.25) is 5.89 Å². The summed E-state index contributed by atoms with van der Waals surface area (Å²) in [5.74, 6) is -0.277. The first-order chi connectivity index (χ1) is 9.99. The predicted molar refractivity (Wildman–Crippen MR) is 77.1 cm³/mol. The van der Waals surface area contributed by atoms with E-state index in [1.54, 1.807) is 6.07 Å². The molecule has 2 atom stereocenters. The Morgan fingerprint density at radius 2 is 2.19 bits per heavy atom. The van der Waals surface area contributed by atoms with Gasteiger partial charge < -0.3 is 26.3 Å². The molecule has 1 heterocycles. The topological polar surface area (TPSA) is 127 Å². The van der Waals surface area contributed by atoms with Gasteiger partial charge in [-0.1, -0.05) is 18.2 Å². The second-order valence-electron chi connectivity index (χ2n) is 4.72. The Morgan fingerprint density at radius 3 is 2.86 bits per heavy atom. The van der Waals surface area contributed by atoms with Crippen LogP contribution in [0.3, 0.4) is 0 Å². The summed E-state index contributed by atoms with van der Waals surface area (Å²) in [6, 6.07) is 6.48. The minimum Gasteiger partial charge on any atom is -0.446 e. The van der Waals surface area contributed by atoms with E-state index in [-0.39, 0.29) is 18.1 Å². The Balaban J connectivity index is 2.00. The summed E-state index contributed by atoms with van der Waals surface area (Å²) in [6.45, 7) is 1.81. The number of hydrogen-bond acceptors (Lipinski definition) is 6. The van der Waals surface area contributed by atoms with Crippen molar-refractivity contribution in [3.05, 3.63) is 47.7 Å². The van der Waals surface area contributed by atoms with Gasteiger partial charge in [-0.15, -0.1) is 0 Å². The van der Waals surface area contributed by atoms with Crippen LogP contribution in [0, 0.1) is 0 Å². The molecule has 6 N–H and O–H groups in total. The van der Waals surface area contributed by atoms with Gasteiger partial charge >= 0.3 is 0 Å². The number of rotatable bonds is 5. The van der Waals surface area contributed by atoms with Crippen LogP contribution in [-0.4, -0.2) is 22.1 Å². The minimum atomic E-state index is -0.816. The smallest absolute Gasteiger partial charge is 0.273 e. The molecule has 1 aromatic heterocycles. The molecule has 0 radical (unpaired) electrons. The van der Waals surface area contributed by atoms with Gasteiger partial charge in [-0.3, -0.25) is 4.79 Å². The van der Waals surface area contributed by atoms with E-state index < -0.39 is 18.1 Å². The maximum atomic E-state index is 12.0. The first kappa shape index (κ1) is 15.0. The lowest BCUT2D eigenvalue weighted by atomic mass is 10.2. The maximum absolute atomic E-state index is 12.0. The molecule has 0 aliphatic heterocycles. The number of nitrogens with zero attached hydrogens (tertiary/aromatic N) is 1. The molecule has 7 nitrogen and oxygen atoms in total. The Kier molecular flexibility index (Phi) is 4.56. The van der Waals surface area contributed by atoms with Crippen LogP contribution in [0.1, 0.15) is 34.9 Å². The summed E-state index contributed by atoms with van der Waals surface area (Å²) in [4.78, 5) is 15.9. The van der Waals surface area contributed by atoms with E-state index in [1.807, 2.05) is 18.2 Å². The number of aliphatic hydroxyl groups is 1. The lowest BCUT2D eigenvalue weighted by molar-refractivity contribution is 0.0945. The summed E-state index contributed by atoms with van der Waals surface area (Å²) < 4.78 is 5.10.